The van der Waals surface area contributed by atoms with E-state index in [1.807, 2.05) is 6.92 Å². The second-order valence-electron chi connectivity index (χ2n) is 6.15. The van der Waals surface area contributed by atoms with Gasteiger partial charge in [0.25, 0.3) is 0 Å². The smallest absolute Gasteiger partial charge is 0.338 e. The third-order valence-electron chi connectivity index (χ3n) is 4.22. The van der Waals surface area contributed by atoms with E-state index in [2.05, 4.69) is 15.5 Å². The summed E-state index contributed by atoms with van der Waals surface area (Å²) in [5.41, 5.74) is 0.103. The van der Waals surface area contributed by atoms with Crippen LogP contribution in [0.5, 0.6) is 0 Å². The number of esters is 1. The Hall–Kier alpha value is -2.04. The number of hydrogen-bond donors (Lipinski definition) is 0. The van der Waals surface area contributed by atoms with Gasteiger partial charge in [0.05, 0.1) is 10.6 Å². The van der Waals surface area contributed by atoms with Gasteiger partial charge in [-0.3, -0.25) is 0 Å². The normalized spacial score (nSPS) is 15.2. The van der Waals surface area contributed by atoms with Crippen LogP contribution >= 0.6 is 11.6 Å². The zero-order chi connectivity index (χ0) is 19.4. The van der Waals surface area contributed by atoms with Crippen molar-refractivity contribution >= 4 is 27.6 Å². The predicted octanol–water partition coefficient (Wildman–Crippen LogP) is 1.88. The lowest BCUT2D eigenvalue weighted by Crippen LogP contribution is -2.28. The van der Waals surface area contributed by atoms with E-state index in [0.717, 1.165) is 19.3 Å². The number of nitrogens with zero attached hydrogens (tertiary/aromatic N) is 5. The molecule has 0 spiro atoms. The number of hydrogen-bond acceptors (Lipinski definition) is 7. The number of sulfonamides is 1. The van der Waals surface area contributed by atoms with Gasteiger partial charge in [0.15, 0.2) is 12.4 Å². The molecule has 1 aliphatic heterocycles. The maximum Gasteiger partial charge on any atom is 0.338 e. The van der Waals surface area contributed by atoms with E-state index >= 15 is 0 Å². The highest BCUT2D eigenvalue weighted by Crippen LogP contribution is 2.28. The van der Waals surface area contributed by atoms with Crippen molar-refractivity contribution in [3.63, 3.8) is 0 Å². The Morgan fingerprint density at radius 1 is 1.30 bits per heavy atom. The zero-order valence-corrected chi connectivity index (χ0v) is 16.4. The Labute approximate surface area is 162 Å². The fraction of sp³-hybridized carbons (Fsp3) is 0.500. The van der Waals surface area contributed by atoms with Crippen LogP contribution in [0.25, 0.3) is 0 Å². The molecule has 1 aromatic heterocycles. The van der Waals surface area contributed by atoms with Gasteiger partial charge in [-0.2, -0.15) is 4.31 Å². The van der Waals surface area contributed by atoms with Crippen molar-refractivity contribution in [1.82, 2.24) is 24.5 Å². The number of carbonyl (C=O) groups is 1. The van der Waals surface area contributed by atoms with Crippen LogP contribution in [0.2, 0.25) is 5.02 Å². The zero-order valence-electron chi connectivity index (χ0n) is 14.8. The summed E-state index contributed by atoms with van der Waals surface area (Å²) in [6, 6.07) is 4.08. The third kappa shape index (κ3) is 4.28. The lowest BCUT2D eigenvalue weighted by atomic mass is 10.2. The van der Waals surface area contributed by atoms with Gasteiger partial charge in [0, 0.05) is 19.6 Å². The number of tetrazole rings is 1. The van der Waals surface area contributed by atoms with Crippen molar-refractivity contribution in [2.45, 2.75) is 44.2 Å². The van der Waals surface area contributed by atoms with Gasteiger partial charge >= 0.3 is 5.97 Å². The maximum atomic E-state index is 12.8. The lowest BCUT2D eigenvalue weighted by molar-refractivity contribution is 0.0456. The SMILES string of the molecule is CCCn1nnnc1COC(=O)c1ccc(Cl)c(S(=O)(=O)N2CCCC2)c1. The first-order valence-corrected chi connectivity index (χ1v) is 10.5. The van der Waals surface area contributed by atoms with Crippen LogP contribution in [0.1, 0.15) is 42.4 Å². The lowest BCUT2D eigenvalue weighted by Gasteiger charge is -2.17. The van der Waals surface area contributed by atoms with Gasteiger partial charge in [-0.05, 0) is 47.9 Å². The highest BCUT2D eigenvalue weighted by molar-refractivity contribution is 7.89. The third-order valence-corrected chi connectivity index (χ3v) is 6.60. The van der Waals surface area contributed by atoms with Crippen molar-refractivity contribution in [3.8, 4) is 0 Å². The molecule has 2 aromatic rings. The number of rotatable bonds is 7. The number of ether oxygens (including phenoxy) is 1. The number of carbonyl (C=O) groups excluding carboxylic acids is 1. The molecule has 27 heavy (non-hydrogen) atoms. The average molecular weight is 414 g/mol. The van der Waals surface area contributed by atoms with Crippen LogP contribution < -0.4 is 0 Å². The monoisotopic (exact) mass is 413 g/mol. The first-order valence-electron chi connectivity index (χ1n) is 8.65. The molecule has 1 fully saturated rings. The van der Waals surface area contributed by atoms with Gasteiger partial charge < -0.3 is 4.74 Å². The minimum absolute atomic E-state index is 0.0744. The number of benzene rings is 1. The van der Waals surface area contributed by atoms with Crippen LogP contribution in [-0.4, -0.2) is 52.0 Å². The molecule has 0 atom stereocenters. The van der Waals surface area contributed by atoms with E-state index in [-0.39, 0.29) is 22.1 Å². The van der Waals surface area contributed by atoms with Crippen molar-refractivity contribution in [2.75, 3.05) is 13.1 Å². The molecule has 0 saturated carbocycles. The molecule has 0 bridgehead atoms. The molecule has 3 rings (SSSR count). The maximum absolute atomic E-state index is 12.8. The van der Waals surface area contributed by atoms with E-state index in [0.29, 0.717) is 25.5 Å². The summed E-state index contributed by atoms with van der Waals surface area (Å²) < 4.78 is 33.7. The molecular weight excluding hydrogens is 394 g/mol. The summed E-state index contributed by atoms with van der Waals surface area (Å²) in [6.45, 7) is 3.39. The minimum Gasteiger partial charge on any atom is -0.454 e. The first kappa shape index (κ1) is 19.7. The van der Waals surface area contributed by atoms with Crippen molar-refractivity contribution in [2.24, 2.45) is 0 Å². The molecular formula is C16H20ClN5O4S. The summed E-state index contributed by atoms with van der Waals surface area (Å²) >= 11 is 6.09. The van der Waals surface area contributed by atoms with Crippen LogP contribution in [0, 0.1) is 0 Å². The minimum atomic E-state index is -3.74. The molecule has 0 N–H and O–H groups in total. The quantitative estimate of drug-likeness (QED) is 0.637. The van der Waals surface area contributed by atoms with Crippen LogP contribution in [0.15, 0.2) is 23.1 Å². The fourth-order valence-electron chi connectivity index (χ4n) is 2.82. The predicted molar refractivity (Wildman–Crippen MR) is 96.7 cm³/mol. The summed E-state index contributed by atoms with van der Waals surface area (Å²) in [5.74, 6) is -0.250. The molecule has 11 heteroatoms. The van der Waals surface area contributed by atoms with Gasteiger partial charge in [-0.25, -0.2) is 17.9 Å². The molecule has 0 unspecified atom stereocenters. The Balaban J connectivity index is 1.77. The van der Waals surface area contributed by atoms with Crippen LogP contribution in [0.3, 0.4) is 0 Å². The Morgan fingerprint density at radius 3 is 2.74 bits per heavy atom. The van der Waals surface area contributed by atoms with Gasteiger partial charge in [-0.1, -0.05) is 18.5 Å². The van der Waals surface area contributed by atoms with Crippen LogP contribution in [-0.2, 0) is 27.9 Å². The molecule has 9 nitrogen and oxygen atoms in total. The van der Waals surface area contributed by atoms with E-state index in [4.69, 9.17) is 16.3 Å². The summed E-state index contributed by atoms with van der Waals surface area (Å²) in [6.07, 6.45) is 2.46. The second-order valence-corrected chi connectivity index (χ2v) is 8.46. The van der Waals surface area contributed by atoms with E-state index < -0.39 is 16.0 Å². The standard InChI is InChI=1S/C16H20ClN5O4S/c1-2-7-22-15(18-19-20-22)11-26-16(23)12-5-6-13(17)14(10-12)27(24,25)21-8-3-4-9-21/h5-6,10H,2-4,7-9,11H2,1H3. The van der Waals surface area contributed by atoms with Gasteiger partial charge in [0.2, 0.25) is 10.0 Å². The van der Waals surface area contributed by atoms with E-state index in [1.165, 1.54) is 22.5 Å². The topological polar surface area (TPSA) is 107 Å². The molecule has 2 heterocycles. The second kappa shape index (κ2) is 8.32. The molecule has 0 radical (unpaired) electrons. The van der Waals surface area contributed by atoms with Crippen LogP contribution in [0.4, 0.5) is 0 Å². The largest absolute Gasteiger partial charge is 0.454 e. The van der Waals surface area contributed by atoms with Crippen molar-refractivity contribution in [3.05, 3.63) is 34.6 Å². The van der Waals surface area contributed by atoms with Gasteiger partial charge in [-0.15, -0.1) is 5.10 Å². The fourth-order valence-corrected chi connectivity index (χ4v) is 4.84. The highest BCUT2D eigenvalue weighted by atomic mass is 35.5. The first-order chi connectivity index (χ1) is 12.9. The summed E-state index contributed by atoms with van der Waals surface area (Å²) in [7, 11) is -3.74. The number of aryl methyl sites for hydroxylation is 1. The Morgan fingerprint density at radius 2 is 2.04 bits per heavy atom. The van der Waals surface area contributed by atoms with Gasteiger partial charge in [0.1, 0.15) is 4.90 Å². The highest BCUT2D eigenvalue weighted by Gasteiger charge is 2.30. The molecule has 0 amide bonds. The summed E-state index contributed by atoms with van der Waals surface area (Å²) in [5, 5.41) is 11.3. The number of halogens is 1. The molecule has 1 saturated heterocycles. The van der Waals surface area contributed by atoms with E-state index in [9.17, 15) is 13.2 Å². The van der Waals surface area contributed by atoms with Crippen molar-refractivity contribution < 1.29 is 17.9 Å². The average Bonchev–Trinajstić information content (AvgIpc) is 3.32. The molecule has 1 aromatic carbocycles. The Bertz CT molecular complexity index is 925. The number of aromatic nitrogens is 4. The molecule has 146 valence electrons. The molecule has 0 aliphatic carbocycles. The molecule has 1 aliphatic rings. The van der Waals surface area contributed by atoms with Crippen molar-refractivity contribution in [1.29, 1.82) is 0 Å². The van der Waals surface area contributed by atoms with E-state index in [1.54, 1.807) is 4.68 Å². The Kier molecular flexibility index (Phi) is 6.08. The summed E-state index contributed by atoms with van der Waals surface area (Å²) in [4.78, 5) is 12.3.